The van der Waals surface area contributed by atoms with Gasteiger partial charge in [0.15, 0.2) is 5.96 Å². The summed E-state index contributed by atoms with van der Waals surface area (Å²) in [7, 11) is 4.17. The van der Waals surface area contributed by atoms with E-state index in [-0.39, 0.29) is 24.0 Å². The zero-order valence-corrected chi connectivity index (χ0v) is 19.9. The molecule has 0 radical (unpaired) electrons. The van der Waals surface area contributed by atoms with Crippen molar-refractivity contribution < 1.29 is 9.47 Å². The summed E-state index contributed by atoms with van der Waals surface area (Å²) >= 11 is 0. The van der Waals surface area contributed by atoms with E-state index in [0.717, 1.165) is 64.7 Å². The van der Waals surface area contributed by atoms with Gasteiger partial charge in [0, 0.05) is 32.8 Å². The Morgan fingerprint density at radius 2 is 1.96 bits per heavy atom. The van der Waals surface area contributed by atoms with Crippen LogP contribution in [-0.4, -0.2) is 64.0 Å². The van der Waals surface area contributed by atoms with Gasteiger partial charge in [0.05, 0.1) is 19.3 Å². The van der Waals surface area contributed by atoms with Crippen LogP contribution in [0.5, 0.6) is 0 Å². The van der Waals surface area contributed by atoms with Crippen LogP contribution >= 0.6 is 24.0 Å². The van der Waals surface area contributed by atoms with E-state index in [2.05, 4.69) is 65.8 Å². The quantitative estimate of drug-likeness (QED) is 0.210. The highest BCUT2D eigenvalue weighted by Gasteiger charge is 2.14. The molecule has 0 amide bonds. The minimum atomic E-state index is 0. The summed E-state index contributed by atoms with van der Waals surface area (Å²) in [5.41, 5.74) is 2.54. The lowest BCUT2D eigenvalue weighted by atomic mass is 10.1. The third kappa shape index (κ3) is 10.6. The molecule has 1 aromatic rings. The number of nitrogens with zero attached hydrogens (tertiary/aromatic N) is 2. The maximum absolute atomic E-state index is 5.70. The standard InChI is InChI=1S/C21H36N4O2.HI/c1-4-22-21(23-12-6-13-26-17-20-7-5-14-27-20)24-15-18-8-10-19(11-9-18)16-25(2)3;/h8-11,20H,4-7,12-17H2,1-3H3,(H2,22,23,24);1H. The number of aliphatic imine (C=N–C) groups is 1. The molecule has 2 N–H and O–H groups in total. The normalized spacial score (nSPS) is 16.9. The largest absolute Gasteiger partial charge is 0.379 e. The van der Waals surface area contributed by atoms with Crippen molar-refractivity contribution in [3.05, 3.63) is 35.4 Å². The Bertz CT molecular complexity index is 546. The second kappa shape index (κ2) is 15.0. The third-order valence-electron chi connectivity index (χ3n) is 4.37. The van der Waals surface area contributed by atoms with Gasteiger partial charge in [-0.15, -0.1) is 24.0 Å². The smallest absolute Gasteiger partial charge is 0.191 e. The molecule has 1 fully saturated rings. The number of hydrogen-bond acceptors (Lipinski definition) is 4. The first kappa shape index (κ1) is 25.1. The molecule has 1 unspecified atom stereocenters. The van der Waals surface area contributed by atoms with Crippen molar-refractivity contribution in [2.75, 3.05) is 47.0 Å². The molecule has 7 heteroatoms. The highest BCUT2D eigenvalue weighted by atomic mass is 127. The van der Waals surface area contributed by atoms with E-state index in [1.165, 1.54) is 11.1 Å². The molecule has 160 valence electrons. The first-order chi connectivity index (χ1) is 13.2. The van der Waals surface area contributed by atoms with Crippen molar-refractivity contribution >= 4 is 29.9 Å². The minimum Gasteiger partial charge on any atom is -0.379 e. The van der Waals surface area contributed by atoms with Gasteiger partial charge in [-0.2, -0.15) is 0 Å². The lowest BCUT2D eigenvalue weighted by Crippen LogP contribution is -2.38. The highest BCUT2D eigenvalue weighted by molar-refractivity contribution is 14.0. The molecular formula is C21H37IN4O2. The van der Waals surface area contributed by atoms with Gasteiger partial charge in [-0.05, 0) is 51.4 Å². The Labute approximate surface area is 187 Å². The summed E-state index contributed by atoms with van der Waals surface area (Å²) in [6.45, 7) is 7.77. The van der Waals surface area contributed by atoms with E-state index < -0.39 is 0 Å². The molecule has 6 nitrogen and oxygen atoms in total. The topological polar surface area (TPSA) is 58.1 Å². The number of halogens is 1. The molecule has 0 bridgehead atoms. The van der Waals surface area contributed by atoms with Crippen molar-refractivity contribution in [3.63, 3.8) is 0 Å². The molecule has 1 heterocycles. The number of hydrogen-bond donors (Lipinski definition) is 2. The predicted molar refractivity (Wildman–Crippen MR) is 126 cm³/mol. The number of ether oxygens (including phenoxy) is 2. The molecule has 28 heavy (non-hydrogen) atoms. The van der Waals surface area contributed by atoms with Crippen LogP contribution in [0.3, 0.4) is 0 Å². The molecule has 0 saturated carbocycles. The number of guanidine groups is 1. The van der Waals surface area contributed by atoms with Crippen LogP contribution in [0.25, 0.3) is 0 Å². The van der Waals surface area contributed by atoms with E-state index in [0.29, 0.717) is 12.6 Å². The summed E-state index contributed by atoms with van der Waals surface area (Å²) in [5.74, 6) is 0.856. The summed E-state index contributed by atoms with van der Waals surface area (Å²) in [4.78, 5) is 6.85. The molecular weight excluding hydrogens is 467 g/mol. The number of rotatable bonds is 11. The third-order valence-corrected chi connectivity index (χ3v) is 4.37. The Morgan fingerprint density at radius 3 is 2.61 bits per heavy atom. The average molecular weight is 504 g/mol. The lowest BCUT2D eigenvalue weighted by molar-refractivity contribution is 0.0168. The van der Waals surface area contributed by atoms with Gasteiger partial charge in [0.25, 0.3) is 0 Å². The van der Waals surface area contributed by atoms with Crippen LogP contribution in [0.15, 0.2) is 29.3 Å². The van der Waals surface area contributed by atoms with Crippen LogP contribution < -0.4 is 10.6 Å². The first-order valence-electron chi connectivity index (χ1n) is 10.1. The van der Waals surface area contributed by atoms with Crippen molar-refractivity contribution in [2.45, 2.75) is 45.4 Å². The second-order valence-electron chi connectivity index (χ2n) is 7.24. The van der Waals surface area contributed by atoms with Crippen LogP contribution in [0, 0.1) is 0 Å². The number of benzene rings is 1. The van der Waals surface area contributed by atoms with E-state index in [1.807, 2.05) is 0 Å². The number of nitrogens with one attached hydrogen (secondary N) is 2. The molecule has 1 atom stereocenters. The van der Waals surface area contributed by atoms with Crippen molar-refractivity contribution in [3.8, 4) is 0 Å². The van der Waals surface area contributed by atoms with E-state index in [1.54, 1.807) is 0 Å². The Morgan fingerprint density at radius 1 is 1.21 bits per heavy atom. The van der Waals surface area contributed by atoms with Crippen molar-refractivity contribution in [1.29, 1.82) is 0 Å². The SMILES string of the molecule is CCNC(=NCc1ccc(CN(C)C)cc1)NCCCOCC1CCCO1.I. The maximum atomic E-state index is 5.70. The van der Waals surface area contributed by atoms with Gasteiger partial charge in [0.1, 0.15) is 0 Å². The van der Waals surface area contributed by atoms with Crippen LogP contribution in [0.1, 0.15) is 37.3 Å². The molecule has 1 aliphatic rings. The zero-order chi connectivity index (χ0) is 19.3. The average Bonchev–Trinajstić information content (AvgIpc) is 3.16. The first-order valence-corrected chi connectivity index (χ1v) is 10.1. The van der Waals surface area contributed by atoms with Crippen molar-refractivity contribution in [2.24, 2.45) is 4.99 Å². The molecule has 0 spiro atoms. The lowest BCUT2D eigenvalue weighted by Gasteiger charge is -2.13. The maximum Gasteiger partial charge on any atom is 0.191 e. The zero-order valence-electron chi connectivity index (χ0n) is 17.6. The van der Waals surface area contributed by atoms with Gasteiger partial charge in [0.2, 0.25) is 0 Å². The van der Waals surface area contributed by atoms with Gasteiger partial charge < -0.3 is 25.0 Å². The monoisotopic (exact) mass is 504 g/mol. The Balaban J connectivity index is 0.00000392. The van der Waals surface area contributed by atoms with Gasteiger partial charge in [-0.1, -0.05) is 24.3 Å². The molecule has 2 rings (SSSR count). The summed E-state index contributed by atoms with van der Waals surface area (Å²) in [6.07, 6.45) is 3.55. The molecule has 0 aromatic heterocycles. The highest BCUT2D eigenvalue weighted by Crippen LogP contribution is 2.11. The summed E-state index contributed by atoms with van der Waals surface area (Å²) < 4.78 is 11.3. The fraction of sp³-hybridized carbons (Fsp3) is 0.667. The Kier molecular flexibility index (Phi) is 13.5. The van der Waals surface area contributed by atoms with Crippen LogP contribution in [0.2, 0.25) is 0 Å². The fourth-order valence-electron chi connectivity index (χ4n) is 3.00. The molecule has 1 aromatic carbocycles. The van der Waals surface area contributed by atoms with E-state index in [4.69, 9.17) is 9.47 Å². The van der Waals surface area contributed by atoms with Gasteiger partial charge in [-0.3, -0.25) is 0 Å². The van der Waals surface area contributed by atoms with Gasteiger partial charge in [-0.25, -0.2) is 4.99 Å². The van der Waals surface area contributed by atoms with E-state index >= 15 is 0 Å². The summed E-state index contributed by atoms with van der Waals surface area (Å²) in [6, 6.07) is 8.67. The molecule has 1 aliphatic heterocycles. The van der Waals surface area contributed by atoms with Crippen LogP contribution in [0.4, 0.5) is 0 Å². The van der Waals surface area contributed by atoms with Crippen molar-refractivity contribution in [1.82, 2.24) is 15.5 Å². The van der Waals surface area contributed by atoms with Gasteiger partial charge >= 0.3 is 0 Å². The summed E-state index contributed by atoms with van der Waals surface area (Å²) in [5, 5.41) is 6.68. The Hall–Kier alpha value is -0.900. The predicted octanol–water partition coefficient (Wildman–Crippen LogP) is 3.01. The van der Waals surface area contributed by atoms with Crippen LogP contribution in [-0.2, 0) is 22.6 Å². The molecule has 0 aliphatic carbocycles. The second-order valence-corrected chi connectivity index (χ2v) is 7.24. The minimum absolute atomic E-state index is 0. The van der Waals surface area contributed by atoms with E-state index in [9.17, 15) is 0 Å². The fourth-order valence-corrected chi connectivity index (χ4v) is 3.00. The molecule has 1 saturated heterocycles.